The van der Waals surface area contributed by atoms with Gasteiger partial charge in [-0.1, -0.05) is 66.9 Å². The van der Waals surface area contributed by atoms with Crippen molar-refractivity contribution in [1.29, 1.82) is 0 Å². The average molecular weight is 214 g/mol. The summed E-state index contributed by atoms with van der Waals surface area (Å²) >= 11 is 0. The van der Waals surface area contributed by atoms with E-state index in [2.05, 4.69) is 68.3 Å². The monoisotopic (exact) mass is 214 g/mol. The second kappa shape index (κ2) is 3.82. The number of hydrogen-bond donors (Lipinski definition) is 0. The van der Waals surface area contributed by atoms with E-state index < -0.39 is 8.07 Å². The molecule has 0 heterocycles. The van der Waals surface area contributed by atoms with Crippen molar-refractivity contribution in [3.63, 3.8) is 0 Å². The molecular formula is C14H18Si. The quantitative estimate of drug-likeness (QED) is 0.622. The Morgan fingerprint density at radius 3 is 1.93 bits per heavy atom. The summed E-state index contributed by atoms with van der Waals surface area (Å²) in [6.45, 7) is 9.18. The van der Waals surface area contributed by atoms with Crippen LogP contribution < -0.4 is 0 Å². The molecule has 0 aromatic heterocycles. The zero-order chi connectivity index (χ0) is 10.9. The third-order valence-corrected chi connectivity index (χ3v) is 7.60. The van der Waals surface area contributed by atoms with Gasteiger partial charge in [-0.25, -0.2) is 0 Å². The van der Waals surface area contributed by atoms with Crippen molar-refractivity contribution in [1.82, 2.24) is 0 Å². The summed E-state index contributed by atoms with van der Waals surface area (Å²) < 4.78 is 0. The van der Waals surface area contributed by atoms with E-state index in [1.54, 1.807) is 0 Å². The Labute approximate surface area is 93.4 Å². The van der Waals surface area contributed by atoms with Gasteiger partial charge in [-0.05, 0) is 5.54 Å². The van der Waals surface area contributed by atoms with E-state index in [0.29, 0.717) is 11.5 Å². The summed E-state index contributed by atoms with van der Waals surface area (Å²) in [5, 5.41) is 1.44. The zero-order valence-electron chi connectivity index (χ0n) is 9.48. The molecule has 0 aromatic rings. The van der Waals surface area contributed by atoms with Crippen molar-refractivity contribution in [3.8, 4) is 0 Å². The molecule has 0 N–H and O–H groups in total. The van der Waals surface area contributed by atoms with Crippen LogP contribution in [0.3, 0.4) is 0 Å². The van der Waals surface area contributed by atoms with Gasteiger partial charge in [0.25, 0.3) is 0 Å². The topological polar surface area (TPSA) is 0 Å². The Morgan fingerprint density at radius 2 is 1.40 bits per heavy atom. The molecule has 0 bridgehead atoms. The van der Waals surface area contributed by atoms with Crippen LogP contribution in [0, 0.1) is 5.92 Å². The molecule has 0 atom stereocenters. The first-order valence-corrected chi connectivity index (χ1v) is 8.59. The minimum absolute atomic E-state index is 0.481. The maximum absolute atomic E-state index is 4.34. The van der Waals surface area contributed by atoms with E-state index in [1.807, 2.05) is 0 Å². The van der Waals surface area contributed by atoms with Crippen molar-refractivity contribution in [2.45, 2.75) is 18.6 Å². The molecule has 1 heteroatoms. The summed E-state index contributed by atoms with van der Waals surface area (Å²) in [6.07, 6.45) is 17.7. The lowest BCUT2D eigenvalue weighted by Gasteiger charge is -2.32. The minimum Gasteiger partial charge on any atom is -0.103 e. The number of allylic oxidation sites excluding steroid dienone is 9. The molecule has 78 valence electrons. The first-order chi connectivity index (χ1) is 7.12. The molecule has 2 rings (SSSR count). The maximum atomic E-state index is 4.34. The van der Waals surface area contributed by atoms with E-state index >= 15 is 0 Å². The fourth-order valence-electron chi connectivity index (χ4n) is 2.22. The van der Waals surface area contributed by atoms with Crippen LogP contribution in [0.4, 0.5) is 0 Å². The van der Waals surface area contributed by atoms with Gasteiger partial charge >= 0.3 is 0 Å². The zero-order valence-corrected chi connectivity index (χ0v) is 10.5. The average Bonchev–Trinajstić information content (AvgIpc) is 2.89. The van der Waals surface area contributed by atoms with Gasteiger partial charge in [0.2, 0.25) is 0 Å². The smallest absolute Gasteiger partial charge is 0.0865 e. The molecular weight excluding hydrogens is 196 g/mol. The molecule has 0 spiro atoms. The molecule has 0 saturated carbocycles. The van der Waals surface area contributed by atoms with Gasteiger partial charge in [-0.15, -0.1) is 6.58 Å². The second-order valence-electron chi connectivity index (χ2n) is 4.84. The van der Waals surface area contributed by atoms with Crippen LogP contribution in [-0.2, 0) is 0 Å². The molecule has 0 saturated heterocycles. The maximum Gasteiger partial charge on any atom is 0.0865 e. The molecule has 15 heavy (non-hydrogen) atoms. The van der Waals surface area contributed by atoms with Crippen LogP contribution >= 0.6 is 0 Å². The van der Waals surface area contributed by atoms with Gasteiger partial charge in [-0.2, -0.15) is 0 Å². The van der Waals surface area contributed by atoms with E-state index in [4.69, 9.17) is 0 Å². The van der Waals surface area contributed by atoms with Crippen LogP contribution in [0.1, 0.15) is 0 Å². The Morgan fingerprint density at radius 1 is 0.933 bits per heavy atom. The summed E-state index contributed by atoms with van der Waals surface area (Å²) in [7, 11) is -1.41. The normalized spacial score (nSPS) is 20.7. The third-order valence-electron chi connectivity index (χ3n) is 3.56. The molecule has 0 radical (unpaired) electrons. The van der Waals surface area contributed by atoms with E-state index in [-0.39, 0.29) is 0 Å². The highest BCUT2D eigenvalue weighted by Crippen LogP contribution is 2.37. The van der Waals surface area contributed by atoms with E-state index in [1.165, 1.54) is 5.20 Å². The molecule has 0 aliphatic heterocycles. The molecule has 0 unspecified atom stereocenters. The highest BCUT2D eigenvalue weighted by Gasteiger charge is 2.34. The summed E-state index contributed by atoms with van der Waals surface area (Å²) in [5.74, 6) is 0.481. The van der Waals surface area contributed by atoms with E-state index in [0.717, 1.165) is 0 Å². The largest absolute Gasteiger partial charge is 0.103 e. The van der Waals surface area contributed by atoms with Crippen LogP contribution in [-0.4, -0.2) is 8.07 Å². The van der Waals surface area contributed by atoms with Gasteiger partial charge < -0.3 is 0 Å². The van der Waals surface area contributed by atoms with Gasteiger partial charge in [0.1, 0.15) is 0 Å². The molecule has 0 fully saturated rings. The van der Waals surface area contributed by atoms with Crippen molar-refractivity contribution in [2.75, 3.05) is 0 Å². The number of rotatable bonds is 3. The fourth-order valence-corrected chi connectivity index (χ4v) is 4.88. The summed E-state index contributed by atoms with van der Waals surface area (Å²) in [5.41, 5.74) is 0.632. The standard InChI is InChI=1S/C14H18Si/c1-12(13-8-4-5-9-13)15(2,3)14-10-6-7-11-14/h4-11,13-14H,1H2,2-3H3. The van der Waals surface area contributed by atoms with Crippen molar-refractivity contribution < 1.29 is 0 Å². The molecule has 0 amide bonds. The fraction of sp³-hybridized carbons (Fsp3) is 0.286. The Bertz CT molecular complexity index is 356. The lowest BCUT2D eigenvalue weighted by Crippen LogP contribution is -2.35. The molecule has 0 aromatic carbocycles. The molecule has 0 nitrogen and oxygen atoms in total. The lowest BCUT2D eigenvalue weighted by atomic mass is 10.2. The number of hydrogen-bond acceptors (Lipinski definition) is 0. The Kier molecular flexibility index (Phi) is 2.66. The van der Waals surface area contributed by atoms with Crippen LogP contribution in [0.25, 0.3) is 0 Å². The third kappa shape index (κ3) is 1.84. The minimum atomic E-state index is -1.41. The first-order valence-electron chi connectivity index (χ1n) is 5.51. The van der Waals surface area contributed by atoms with Crippen LogP contribution in [0.15, 0.2) is 60.4 Å². The van der Waals surface area contributed by atoms with Crippen molar-refractivity contribution in [3.05, 3.63) is 60.4 Å². The summed E-state index contributed by atoms with van der Waals surface area (Å²) in [4.78, 5) is 0. The first kappa shape index (κ1) is 10.4. The predicted molar refractivity (Wildman–Crippen MR) is 70.4 cm³/mol. The lowest BCUT2D eigenvalue weighted by molar-refractivity contribution is 1.03. The van der Waals surface area contributed by atoms with Crippen LogP contribution in [0.5, 0.6) is 0 Å². The summed E-state index contributed by atoms with van der Waals surface area (Å²) in [6, 6.07) is 0. The van der Waals surface area contributed by atoms with Gasteiger partial charge in [0.15, 0.2) is 0 Å². The Balaban J connectivity index is 2.17. The second-order valence-corrected chi connectivity index (χ2v) is 9.59. The van der Waals surface area contributed by atoms with Crippen molar-refractivity contribution in [2.24, 2.45) is 5.92 Å². The van der Waals surface area contributed by atoms with Crippen LogP contribution in [0.2, 0.25) is 18.6 Å². The van der Waals surface area contributed by atoms with Gasteiger partial charge in [0, 0.05) is 5.92 Å². The predicted octanol–water partition coefficient (Wildman–Crippen LogP) is 4.03. The SMILES string of the molecule is C=C(C1C=CC=C1)[Si](C)(C)C1C=CC=C1. The van der Waals surface area contributed by atoms with E-state index in [9.17, 15) is 0 Å². The Hall–Kier alpha value is -1.08. The highest BCUT2D eigenvalue weighted by atomic mass is 28.3. The van der Waals surface area contributed by atoms with Crippen molar-refractivity contribution >= 4 is 8.07 Å². The van der Waals surface area contributed by atoms with Gasteiger partial charge in [0.05, 0.1) is 8.07 Å². The molecule has 2 aliphatic rings. The van der Waals surface area contributed by atoms with Gasteiger partial charge in [-0.3, -0.25) is 0 Å². The molecule has 2 aliphatic carbocycles. The highest BCUT2D eigenvalue weighted by molar-refractivity contribution is 6.86.